The van der Waals surface area contributed by atoms with Crippen LogP contribution < -0.4 is 0 Å². The molecule has 2 fully saturated rings. The zero-order valence-corrected chi connectivity index (χ0v) is 28.1. The lowest BCUT2D eigenvalue weighted by Gasteiger charge is -2.35. The summed E-state index contributed by atoms with van der Waals surface area (Å²) in [6, 6.07) is 39.4. The third-order valence-corrected chi connectivity index (χ3v) is 11.4. The van der Waals surface area contributed by atoms with Gasteiger partial charge in [-0.15, -0.1) is 0 Å². The average molecular weight is 600 g/mol. The number of benzene rings is 5. The second kappa shape index (κ2) is 11.2. The highest BCUT2D eigenvalue weighted by Gasteiger charge is 2.33. The Kier molecular flexibility index (Phi) is 7.05. The van der Waals surface area contributed by atoms with E-state index in [1.54, 1.807) is 11.1 Å². The third-order valence-electron chi connectivity index (χ3n) is 11.4. The van der Waals surface area contributed by atoms with E-state index in [0.717, 1.165) is 0 Å². The second-order valence-corrected chi connectivity index (χ2v) is 14.6. The molecule has 46 heavy (non-hydrogen) atoms. The minimum Gasteiger partial charge on any atom is -0.309 e. The van der Waals surface area contributed by atoms with Crippen molar-refractivity contribution in [3.63, 3.8) is 0 Å². The molecule has 0 aliphatic heterocycles. The number of aryl methyl sites for hydroxylation is 3. The molecule has 0 saturated heterocycles. The highest BCUT2D eigenvalue weighted by atomic mass is 15.0. The SMILES string of the molecule is Cc1cc2c3cc(C(C)(C)c4ccccc4C)c(C4CCC4)cc3n(-c3ccc(C(=C4CCC4)c4ccccc4)cc3)c2cc1C. The lowest BCUT2D eigenvalue weighted by molar-refractivity contribution is 0.412. The zero-order valence-electron chi connectivity index (χ0n) is 28.1. The molecule has 2 aliphatic carbocycles. The number of hydrogen-bond donors (Lipinski definition) is 0. The Morgan fingerprint density at radius 1 is 0.609 bits per heavy atom. The molecule has 0 spiro atoms. The number of allylic oxidation sites excluding steroid dienone is 1. The van der Waals surface area contributed by atoms with Gasteiger partial charge >= 0.3 is 0 Å². The molecule has 0 amide bonds. The fourth-order valence-corrected chi connectivity index (χ4v) is 8.19. The highest BCUT2D eigenvalue weighted by Crippen LogP contribution is 2.47. The average Bonchev–Trinajstić information content (AvgIpc) is 3.30. The van der Waals surface area contributed by atoms with Crippen LogP contribution in [0, 0.1) is 20.8 Å². The van der Waals surface area contributed by atoms with E-state index in [9.17, 15) is 0 Å². The number of rotatable bonds is 6. The molecule has 1 nitrogen and oxygen atoms in total. The normalized spacial score (nSPS) is 15.3. The predicted octanol–water partition coefficient (Wildman–Crippen LogP) is 12.3. The maximum atomic E-state index is 2.58. The van der Waals surface area contributed by atoms with Gasteiger partial charge in [0.05, 0.1) is 11.0 Å². The number of fused-ring (bicyclic) bond motifs is 3. The van der Waals surface area contributed by atoms with Crippen molar-refractivity contribution in [3.8, 4) is 5.69 Å². The van der Waals surface area contributed by atoms with E-state index in [-0.39, 0.29) is 5.41 Å². The van der Waals surface area contributed by atoms with Gasteiger partial charge in [-0.1, -0.05) is 92.6 Å². The van der Waals surface area contributed by atoms with E-state index in [1.165, 1.54) is 111 Å². The molecule has 0 unspecified atom stereocenters. The topological polar surface area (TPSA) is 4.93 Å². The first kappa shape index (κ1) is 29.1. The summed E-state index contributed by atoms with van der Waals surface area (Å²) in [7, 11) is 0. The molecule has 8 rings (SSSR count). The van der Waals surface area contributed by atoms with Gasteiger partial charge in [-0.3, -0.25) is 0 Å². The van der Waals surface area contributed by atoms with Gasteiger partial charge in [0.25, 0.3) is 0 Å². The van der Waals surface area contributed by atoms with Crippen molar-refractivity contribution in [3.05, 3.63) is 153 Å². The minimum absolute atomic E-state index is 0.0941. The first-order chi connectivity index (χ1) is 22.3. The number of aromatic nitrogens is 1. The second-order valence-electron chi connectivity index (χ2n) is 14.6. The number of nitrogens with zero attached hydrogens (tertiary/aromatic N) is 1. The van der Waals surface area contributed by atoms with Crippen molar-refractivity contribution in [1.82, 2.24) is 4.57 Å². The lowest BCUT2D eigenvalue weighted by atomic mass is 9.69. The van der Waals surface area contributed by atoms with Crippen molar-refractivity contribution in [2.75, 3.05) is 0 Å². The molecule has 0 radical (unpaired) electrons. The molecule has 5 aromatic carbocycles. The van der Waals surface area contributed by atoms with Gasteiger partial charge in [-0.2, -0.15) is 0 Å². The molecule has 1 aromatic heterocycles. The maximum absolute atomic E-state index is 2.58. The summed E-state index contributed by atoms with van der Waals surface area (Å²) in [5.74, 6) is 0.627. The molecule has 1 heterocycles. The van der Waals surface area contributed by atoms with Crippen LogP contribution in [0.4, 0.5) is 0 Å². The largest absolute Gasteiger partial charge is 0.309 e. The van der Waals surface area contributed by atoms with E-state index >= 15 is 0 Å². The van der Waals surface area contributed by atoms with Gasteiger partial charge in [0.1, 0.15) is 0 Å². The van der Waals surface area contributed by atoms with Crippen LogP contribution >= 0.6 is 0 Å². The number of hydrogen-bond acceptors (Lipinski definition) is 0. The van der Waals surface area contributed by atoms with Crippen LogP contribution in [0.15, 0.2) is 109 Å². The molecular weight excluding hydrogens is 555 g/mol. The monoisotopic (exact) mass is 599 g/mol. The predicted molar refractivity (Wildman–Crippen MR) is 196 cm³/mol. The van der Waals surface area contributed by atoms with Crippen LogP contribution in [0.5, 0.6) is 0 Å². The van der Waals surface area contributed by atoms with Crippen molar-refractivity contribution in [2.45, 2.75) is 84.5 Å². The molecule has 6 aromatic rings. The van der Waals surface area contributed by atoms with E-state index in [4.69, 9.17) is 0 Å². The van der Waals surface area contributed by atoms with Crippen LogP contribution in [0.3, 0.4) is 0 Å². The van der Waals surface area contributed by atoms with Crippen molar-refractivity contribution in [2.24, 2.45) is 0 Å². The van der Waals surface area contributed by atoms with Crippen LogP contribution in [-0.4, -0.2) is 4.57 Å². The Morgan fingerprint density at radius 3 is 1.89 bits per heavy atom. The summed E-state index contributed by atoms with van der Waals surface area (Å²) in [4.78, 5) is 0. The molecule has 0 bridgehead atoms. The van der Waals surface area contributed by atoms with E-state index < -0.39 is 0 Å². The van der Waals surface area contributed by atoms with Gasteiger partial charge in [-0.25, -0.2) is 0 Å². The Hall–Kier alpha value is -4.36. The third kappa shape index (κ3) is 4.66. The van der Waals surface area contributed by atoms with Gasteiger partial charge in [0.15, 0.2) is 0 Å². The fraction of sp³-hybridized carbons (Fsp3) is 0.289. The van der Waals surface area contributed by atoms with Crippen molar-refractivity contribution >= 4 is 27.4 Å². The summed E-state index contributed by atoms with van der Waals surface area (Å²) in [6.07, 6.45) is 7.62. The Bertz CT molecular complexity index is 2130. The van der Waals surface area contributed by atoms with Crippen LogP contribution in [0.2, 0.25) is 0 Å². The van der Waals surface area contributed by atoms with E-state index in [2.05, 4.69) is 142 Å². The molecule has 0 N–H and O–H groups in total. The highest BCUT2D eigenvalue weighted by molar-refractivity contribution is 6.10. The summed E-state index contributed by atoms with van der Waals surface area (Å²) < 4.78 is 2.55. The van der Waals surface area contributed by atoms with Gasteiger partial charge < -0.3 is 4.57 Å². The fourth-order valence-electron chi connectivity index (χ4n) is 8.19. The summed E-state index contributed by atoms with van der Waals surface area (Å²) in [5.41, 5.74) is 18.0. The smallest absolute Gasteiger partial charge is 0.0544 e. The van der Waals surface area contributed by atoms with E-state index in [1.807, 2.05) is 0 Å². The molecule has 1 heteroatoms. The minimum atomic E-state index is -0.0941. The summed E-state index contributed by atoms with van der Waals surface area (Å²) in [6.45, 7) is 11.7. The quantitative estimate of drug-likeness (QED) is 0.179. The van der Waals surface area contributed by atoms with Gasteiger partial charge in [0, 0.05) is 21.9 Å². The Morgan fingerprint density at radius 2 is 1.24 bits per heavy atom. The maximum Gasteiger partial charge on any atom is 0.0544 e. The molecule has 2 aliphatic rings. The van der Waals surface area contributed by atoms with Crippen LogP contribution in [-0.2, 0) is 5.41 Å². The molecule has 2 saturated carbocycles. The Labute approximate surface area is 274 Å². The summed E-state index contributed by atoms with van der Waals surface area (Å²) in [5, 5.41) is 2.72. The zero-order chi connectivity index (χ0) is 31.6. The van der Waals surface area contributed by atoms with Crippen LogP contribution in [0.25, 0.3) is 33.1 Å². The lowest BCUT2D eigenvalue weighted by Crippen LogP contribution is -2.24. The first-order valence-electron chi connectivity index (χ1n) is 17.4. The molecule has 230 valence electrons. The van der Waals surface area contributed by atoms with Crippen LogP contribution in [0.1, 0.15) is 103 Å². The first-order valence-corrected chi connectivity index (χ1v) is 17.4. The Balaban J connectivity index is 1.35. The van der Waals surface area contributed by atoms with Crippen molar-refractivity contribution < 1.29 is 0 Å². The standard InChI is InChI=1S/C45H45N/c1-29-13-9-10-20-40(29)45(4,5)41-27-39-38-25-30(2)31(3)26-42(38)46(43(39)28-37(41)32-16-11-17-32)36-23-21-35(22-24-36)44(34-18-12-19-34)33-14-7-6-8-15-33/h6-10,13-15,20-28,32H,11-12,16-19H2,1-5H3. The van der Waals surface area contributed by atoms with Gasteiger partial charge in [0.2, 0.25) is 0 Å². The molecule has 0 atom stereocenters. The van der Waals surface area contributed by atoms with Gasteiger partial charge in [-0.05, 0) is 145 Å². The van der Waals surface area contributed by atoms with Crippen molar-refractivity contribution in [1.29, 1.82) is 0 Å². The van der Waals surface area contributed by atoms with E-state index in [0.29, 0.717) is 5.92 Å². The molecular formula is C45H45N. The summed E-state index contributed by atoms with van der Waals surface area (Å²) >= 11 is 0.